The summed E-state index contributed by atoms with van der Waals surface area (Å²) < 4.78 is 0. The van der Waals surface area contributed by atoms with E-state index in [2.05, 4.69) is 10.6 Å². The van der Waals surface area contributed by atoms with Crippen LogP contribution in [-0.2, 0) is 19.2 Å². The van der Waals surface area contributed by atoms with Gasteiger partial charge >= 0.3 is 5.97 Å². The van der Waals surface area contributed by atoms with Crippen molar-refractivity contribution in [2.45, 2.75) is 92.0 Å². The number of carboxylic acid groups (broad SMARTS) is 1. The van der Waals surface area contributed by atoms with Gasteiger partial charge in [0.05, 0.1) is 18.6 Å². The van der Waals surface area contributed by atoms with Gasteiger partial charge in [0.15, 0.2) is 0 Å². The van der Waals surface area contributed by atoms with Gasteiger partial charge in [-0.15, -0.1) is 0 Å². The third-order valence-electron chi connectivity index (χ3n) is 5.66. The molecule has 0 spiro atoms. The Kier molecular flexibility index (Phi) is 13.8. The van der Waals surface area contributed by atoms with Crippen molar-refractivity contribution >= 4 is 23.7 Å². The highest BCUT2D eigenvalue weighted by atomic mass is 16.4. The third-order valence-corrected chi connectivity index (χ3v) is 5.66. The molecule has 34 heavy (non-hydrogen) atoms. The summed E-state index contributed by atoms with van der Waals surface area (Å²) in [6, 6.07) is -2.60. The second-order valence-corrected chi connectivity index (χ2v) is 8.27. The van der Waals surface area contributed by atoms with Crippen LogP contribution in [0.4, 0.5) is 0 Å². The molecule has 9 heteroatoms. The zero-order valence-electron chi connectivity index (χ0n) is 20.1. The molecule has 0 aliphatic carbocycles. The second-order valence-electron chi connectivity index (χ2n) is 8.27. The average Bonchev–Trinajstić information content (AvgIpc) is 3.24. The summed E-state index contributed by atoms with van der Waals surface area (Å²) in [5.74, 6) is -2.42. The fourth-order valence-corrected chi connectivity index (χ4v) is 3.56. The molecule has 1 rings (SSSR count). The van der Waals surface area contributed by atoms with Crippen LogP contribution in [0, 0.1) is 0 Å². The summed E-state index contributed by atoms with van der Waals surface area (Å²) in [6.07, 6.45) is 7.34. The first-order chi connectivity index (χ1) is 15.5. The standard InChI is InChI=1S/C24H37N3O6.CH4/c1-6-8-9-11-18(15(3)7-2)22(31)25-16(4)24(33)27-13-10-12-20(27)23(32)26-19(17(5)28)14-21(29)30;/h6,8-9,11,16-17,19-20,28H,7,10,12-14H2,1-5H3,(H,25,31)(H,26,32)(H,29,30);1H4/b8-6-,11-9-,18-15-;/t16?,17?,19-,20?;/m0./s1. The first-order valence-electron chi connectivity index (χ1n) is 11.3. The summed E-state index contributed by atoms with van der Waals surface area (Å²) in [7, 11) is 0. The molecule has 0 saturated carbocycles. The van der Waals surface area contributed by atoms with E-state index in [-0.39, 0.29) is 13.3 Å². The van der Waals surface area contributed by atoms with Crippen molar-refractivity contribution < 1.29 is 29.4 Å². The fraction of sp³-hybridized carbons (Fsp3) is 0.600. The number of aliphatic hydroxyl groups excluding tert-OH is 1. The predicted octanol–water partition coefficient (Wildman–Crippen LogP) is 2.32. The van der Waals surface area contributed by atoms with Gasteiger partial charge in [-0.3, -0.25) is 19.2 Å². The molecule has 0 aromatic rings. The molecule has 1 aliphatic rings. The Balaban J connectivity index is 0.0000109. The Labute approximate surface area is 203 Å². The van der Waals surface area contributed by atoms with Crippen LogP contribution < -0.4 is 10.6 Å². The van der Waals surface area contributed by atoms with Gasteiger partial charge in [-0.25, -0.2) is 0 Å². The summed E-state index contributed by atoms with van der Waals surface area (Å²) in [5.41, 5.74) is 1.37. The number of carbonyl (C=O) groups excluding carboxylic acids is 3. The number of aliphatic carboxylic acids is 1. The van der Waals surface area contributed by atoms with Crippen molar-refractivity contribution in [3.63, 3.8) is 0 Å². The summed E-state index contributed by atoms with van der Waals surface area (Å²) in [5, 5.41) is 24.1. The smallest absolute Gasteiger partial charge is 0.305 e. The van der Waals surface area contributed by atoms with Crippen LogP contribution in [0.25, 0.3) is 0 Å². The van der Waals surface area contributed by atoms with Gasteiger partial charge < -0.3 is 25.7 Å². The lowest BCUT2D eigenvalue weighted by atomic mass is 10.1. The zero-order chi connectivity index (χ0) is 25.1. The Morgan fingerprint density at radius 1 is 1.15 bits per heavy atom. The largest absolute Gasteiger partial charge is 0.481 e. The second kappa shape index (κ2) is 15.1. The Morgan fingerprint density at radius 3 is 2.32 bits per heavy atom. The fourth-order valence-electron chi connectivity index (χ4n) is 3.56. The maximum absolute atomic E-state index is 13.1. The number of hydrogen-bond donors (Lipinski definition) is 4. The minimum atomic E-state index is -1.15. The number of hydrogen-bond acceptors (Lipinski definition) is 5. The van der Waals surface area contributed by atoms with Crippen molar-refractivity contribution in [1.82, 2.24) is 15.5 Å². The van der Waals surface area contributed by atoms with Gasteiger partial charge in [-0.05, 0) is 53.0 Å². The van der Waals surface area contributed by atoms with Gasteiger partial charge in [0, 0.05) is 12.1 Å². The van der Waals surface area contributed by atoms with Crippen LogP contribution in [0.15, 0.2) is 35.5 Å². The molecule has 0 radical (unpaired) electrons. The molecule has 4 atom stereocenters. The minimum Gasteiger partial charge on any atom is -0.481 e. The lowest BCUT2D eigenvalue weighted by Gasteiger charge is -2.29. The van der Waals surface area contributed by atoms with Crippen LogP contribution in [0.3, 0.4) is 0 Å². The Morgan fingerprint density at radius 2 is 1.79 bits per heavy atom. The summed E-state index contributed by atoms with van der Waals surface area (Å²) >= 11 is 0. The van der Waals surface area contributed by atoms with Gasteiger partial charge in [0.1, 0.15) is 12.1 Å². The molecular weight excluding hydrogens is 438 g/mol. The van der Waals surface area contributed by atoms with E-state index in [1.807, 2.05) is 32.9 Å². The third kappa shape index (κ3) is 9.13. The maximum atomic E-state index is 13.1. The number of amides is 3. The number of carboxylic acids is 1. The quantitative estimate of drug-likeness (QED) is 0.265. The summed E-state index contributed by atoms with van der Waals surface area (Å²) in [6.45, 7) is 9.00. The van der Waals surface area contributed by atoms with E-state index in [0.717, 1.165) is 5.57 Å². The van der Waals surface area contributed by atoms with E-state index in [1.165, 1.54) is 11.8 Å². The van der Waals surface area contributed by atoms with Crippen molar-refractivity contribution in [2.75, 3.05) is 6.54 Å². The van der Waals surface area contributed by atoms with E-state index < -0.39 is 48.4 Å². The monoisotopic (exact) mass is 479 g/mol. The van der Waals surface area contributed by atoms with Crippen molar-refractivity contribution in [3.8, 4) is 0 Å². The molecule has 0 bridgehead atoms. The van der Waals surface area contributed by atoms with E-state index in [1.54, 1.807) is 19.1 Å². The number of rotatable bonds is 11. The van der Waals surface area contributed by atoms with Gasteiger partial charge in [0.2, 0.25) is 11.8 Å². The SMILES string of the molecule is C.C\C=C/C=C\C(C(=O)NC(C)C(=O)N1CCCC1C(=O)N[C@@H](CC(=O)O)C(C)O)=C(/C)CC. The Bertz CT molecular complexity index is 815. The highest BCUT2D eigenvalue weighted by molar-refractivity contribution is 6.00. The number of aliphatic hydroxyl groups is 1. The molecular formula is C25H41N3O6. The lowest BCUT2D eigenvalue weighted by Crippen LogP contribution is -2.55. The lowest BCUT2D eigenvalue weighted by molar-refractivity contribution is -0.142. The maximum Gasteiger partial charge on any atom is 0.305 e. The number of nitrogens with one attached hydrogen (secondary N) is 2. The molecule has 1 aliphatic heterocycles. The molecule has 4 N–H and O–H groups in total. The normalized spacial score (nSPS) is 19.2. The summed E-state index contributed by atoms with van der Waals surface area (Å²) in [4.78, 5) is 51.1. The number of carbonyl (C=O) groups is 4. The van der Waals surface area contributed by atoms with E-state index >= 15 is 0 Å². The van der Waals surface area contributed by atoms with Crippen molar-refractivity contribution in [1.29, 1.82) is 0 Å². The van der Waals surface area contributed by atoms with Crippen LogP contribution in [0.1, 0.15) is 67.7 Å². The van der Waals surface area contributed by atoms with Gasteiger partial charge in [-0.1, -0.05) is 38.2 Å². The molecule has 3 amide bonds. The van der Waals surface area contributed by atoms with E-state index in [9.17, 15) is 24.3 Å². The Hall–Kier alpha value is -2.94. The molecule has 0 aromatic carbocycles. The first kappa shape index (κ1) is 31.1. The first-order valence-corrected chi connectivity index (χ1v) is 11.3. The molecule has 0 aromatic heterocycles. The van der Waals surface area contributed by atoms with Crippen molar-refractivity contribution in [3.05, 3.63) is 35.5 Å². The molecule has 1 saturated heterocycles. The van der Waals surface area contributed by atoms with E-state index in [4.69, 9.17) is 5.11 Å². The van der Waals surface area contributed by atoms with Gasteiger partial charge in [-0.2, -0.15) is 0 Å². The average molecular weight is 480 g/mol. The van der Waals surface area contributed by atoms with Crippen LogP contribution in [0.2, 0.25) is 0 Å². The highest BCUT2D eigenvalue weighted by Crippen LogP contribution is 2.20. The minimum absolute atomic E-state index is 0. The molecule has 9 nitrogen and oxygen atoms in total. The number of allylic oxidation sites excluding steroid dienone is 4. The predicted molar refractivity (Wildman–Crippen MR) is 132 cm³/mol. The number of nitrogens with zero attached hydrogens (tertiary/aromatic N) is 1. The van der Waals surface area contributed by atoms with E-state index in [0.29, 0.717) is 31.4 Å². The molecule has 1 fully saturated rings. The number of likely N-dealkylation sites (tertiary alicyclic amines) is 1. The topological polar surface area (TPSA) is 136 Å². The molecule has 3 unspecified atom stereocenters. The molecule has 192 valence electrons. The molecule has 1 heterocycles. The van der Waals surface area contributed by atoms with Crippen LogP contribution >= 0.6 is 0 Å². The van der Waals surface area contributed by atoms with Gasteiger partial charge in [0.25, 0.3) is 5.91 Å². The van der Waals surface area contributed by atoms with Crippen LogP contribution in [0.5, 0.6) is 0 Å². The zero-order valence-corrected chi connectivity index (χ0v) is 20.1. The highest BCUT2D eigenvalue weighted by Gasteiger charge is 2.37. The van der Waals surface area contributed by atoms with Crippen LogP contribution in [-0.4, -0.2) is 69.6 Å². The van der Waals surface area contributed by atoms with Crippen molar-refractivity contribution in [2.24, 2.45) is 0 Å².